The lowest BCUT2D eigenvalue weighted by Gasteiger charge is -2.00. The minimum atomic E-state index is -0.282. The number of H-pyrrole nitrogens is 1. The lowest BCUT2D eigenvalue weighted by molar-refractivity contribution is -0.117. The smallest absolute Gasteiger partial charge is 0.262 e. The average Bonchev–Trinajstić information content (AvgIpc) is 3.15. The Bertz CT molecular complexity index is 701. The van der Waals surface area contributed by atoms with E-state index in [1.54, 1.807) is 6.08 Å². The first-order valence-electron chi connectivity index (χ1n) is 6.26. The number of aromatic nitrogens is 1. The fourth-order valence-corrected chi connectivity index (χ4v) is 2.01. The van der Waals surface area contributed by atoms with Gasteiger partial charge in [-0.2, -0.15) is 5.26 Å². The van der Waals surface area contributed by atoms with E-state index in [2.05, 4.69) is 10.3 Å². The van der Waals surface area contributed by atoms with Gasteiger partial charge in [0.25, 0.3) is 5.91 Å². The van der Waals surface area contributed by atoms with Gasteiger partial charge in [-0.15, -0.1) is 0 Å². The van der Waals surface area contributed by atoms with Crippen LogP contribution in [0, 0.1) is 11.3 Å². The summed E-state index contributed by atoms with van der Waals surface area (Å²) < 4.78 is 0. The molecule has 0 spiro atoms. The lowest BCUT2D eigenvalue weighted by Crippen LogP contribution is -2.26. The number of fused-ring (bicyclic) bond motifs is 1. The molecule has 0 aliphatic heterocycles. The molecule has 2 N–H and O–H groups in total. The molecule has 1 aromatic heterocycles. The van der Waals surface area contributed by atoms with E-state index in [0.29, 0.717) is 0 Å². The van der Waals surface area contributed by atoms with E-state index >= 15 is 0 Å². The highest BCUT2D eigenvalue weighted by atomic mass is 16.1. The SMILES string of the molecule is N#CC(=Cc1c[nH]c2ccccc12)C(=O)NC1CC1. The van der Waals surface area contributed by atoms with Gasteiger partial charge in [0.15, 0.2) is 0 Å². The van der Waals surface area contributed by atoms with Crippen LogP contribution < -0.4 is 5.32 Å². The summed E-state index contributed by atoms with van der Waals surface area (Å²) in [6.45, 7) is 0. The van der Waals surface area contributed by atoms with Crippen molar-refractivity contribution in [2.75, 3.05) is 0 Å². The fourth-order valence-electron chi connectivity index (χ4n) is 2.01. The van der Waals surface area contributed by atoms with Gasteiger partial charge in [-0.1, -0.05) is 18.2 Å². The molecule has 4 heteroatoms. The van der Waals surface area contributed by atoms with Gasteiger partial charge in [0.2, 0.25) is 0 Å². The third-order valence-electron chi connectivity index (χ3n) is 3.20. The predicted molar refractivity (Wildman–Crippen MR) is 73.1 cm³/mol. The van der Waals surface area contributed by atoms with Crippen molar-refractivity contribution in [3.8, 4) is 6.07 Å². The Morgan fingerprint density at radius 3 is 2.95 bits per heavy atom. The summed E-state index contributed by atoms with van der Waals surface area (Å²) in [7, 11) is 0. The van der Waals surface area contributed by atoms with Gasteiger partial charge in [0.05, 0.1) is 0 Å². The van der Waals surface area contributed by atoms with E-state index in [1.807, 2.05) is 36.5 Å². The molecule has 1 aliphatic rings. The Balaban J connectivity index is 1.93. The minimum Gasteiger partial charge on any atom is -0.361 e. The van der Waals surface area contributed by atoms with Crippen molar-refractivity contribution in [2.45, 2.75) is 18.9 Å². The zero-order valence-electron chi connectivity index (χ0n) is 10.3. The van der Waals surface area contributed by atoms with E-state index in [0.717, 1.165) is 29.3 Å². The lowest BCUT2D eigenvalue weighted by atomic mass is 10.1. The summed E-state index contributed by atoms with van der Waals surface area (Å²) in [5, 5.41) is 12.9. The van der Waals surface area contributed by atoms with Gasteiger partial charge in [0.1, 0.15) is 11.6 Å². The molecule has 0 unspecified atom stereocenters. The molecule has 1 aliphatic carbocycles. The molecule has 1 saturated carbocycles. The Kier molecular flexibility index (Phi) is 2.81. The highest BCUT2D eigenvalue weighted by Gasteiger charge is 2.24. The van der Waals surface area contributed by atoms with Crippen LogP contribution in [-0.2, 0) is 4.79 Å². The van der Waals surface area contributed by atoms with Gasteiger partial charge in [-0.05, 0) is 25.0 Å². The first-order valence-corrected chi connectivity index (χ1v) is 6.26. The second-order valence-corrected chi connectivity index (χ2v) is 4.71. The van der Waals surface area contributed by atoms with Gasteiger partial charge in [-0.3, -0.25) is 4.79 Å². The van der Waals surface area contributed by atoms with E-state index in [4.69, 9.17) is 5.26 Å². The van der Waals surface area contributed by atoms with Gasteiger partial charge in [0, 0.05) is 28.7 Å². The number of nitrogens with zero attached hydrogens (tertiary/aromatic N) is 1. The molecular weight excluding hydrogens is 238 g/mol. The summed E-state index contributed by atoms with van der Waals surface area (Å²) in [6, 6.07) is 10.0. The molecule has 0 atom stereocenters. The van der Waals surface area contributed by atoms with E-state index in [9.17, 15) is 4.79 Å². The Labute approximate surface area is 110 Å². The number of para-hydroxylation sites is 1. The zero-order chi connectivity index (χ0) is 13.2. The van der Waals surface area contributed by atoms with Crippen molar-refractivity contribution in [1.29, 1.82) is 5.26 Å². The maximum absolute atomic E-state index is 11.9. The maximum Gasteiger partial charge on any atom is 0.262 e. The predicted octanol–water partition coefficient (Wildman–Crippen LogP) is 2.35. The van der Waals surface area contributed by atoms with Crippen molar-refractivity contribution in [1.82, 2.24) is 10.3 Å². The number of carbonyl (C=O) groups is 1. The number of amides is 1. The molecule has 19 heavy (non-hydrogen) atoms. The van der Waals surface area contributed by atoms with Crippen molar-refractivity contribution in [3.63, 3.8) is 0 Å². The van der Waals surface area contributed by atoms with Crippen LogP contribution in [0.4, 0.5) is 0 Å². The highest BCUT2D eigenvalue weighted by Crippen LogP contribution is 2.22. The summed E-state index contributed by atoms with van der Waals surface area (Å²) in [5.41, 5.74) is 2.00. The average molecular weight is 251 g/mol. The fraction of sp³-hybridized carbons (Fsp3) is 0.200. The number of aromatic amines is 1. The highest BCUT2D eigenvalue weighted by molar-refractivity contribution is 6.04. The number of rotatable bonds is 3. The molecule has 0 radical (unpaired) electrons. The first kappa shape index (κ1) is 11.5. The standard InChI is InChI=1S/C15H13N3O/c16-8-10(15(19)18-12-5-6-12)7-11-9-17-14-4-2-1-3-13(11)14/h1-4,7,9,12,17H,5-6H2,(H,18,19). The normalized spacial score (nSPS) is 15.2. The van der Waals surface area contributed by atoms with Crippen LogP contribution in [0.15, 0.2) is 36.0 Å². The van der Waals surface area contributed by atoms with E-state index in [1.165, 1.54) is 0 Å². The van der Waals surface area contributed by atoms with Crippen LogP contribution in [0.3, 0.4) is 0 Å². The summed E-state index contributed by atoms with van der Waals surface area (Å²) in [6.07, 6.45) is 5.47. The van der Waals surface area contributed by atoms with E-state index < -0.39 is 0 Å². The number of nitriles is 1. The zero-order valence-corrected chi connectivity index (χ0v) is 10.3. The molecule has 1 heterocycles. The molecule has 4 nitrogen and oxygen atoms in total. The van der Waals surface area contributed by atoms with Crippen LogP contribution >= 0.6 is 0 Å². The summed E-state index contributed by atoms with van der Waals surface area (Å²) in [5.74, 6) is -0.282. The Morgan fingerprint density at radius 1 is 1.42 bits per heavy atom. The molecule has 1 amide bonds. The number of hydrogen-bond acceptors (Lipinski definition) is 2. The van der Waals surface area contributed by atoms with Gasteiger partial charge in [-0.25, -0.2) is 0 Å². The van der Waals surface area contributed by atoms with Crippen LogP contribution in [0.1, 0.15) is 18.4 Å². The van der Waals surface area contributed by atoms with E-state index in [-0.39, 0.29) is 17.5 Å². The maximum atomic E-state index is 11.9. The quantitative estimate of drug-likeness (QED) is 0.649. The molecule has 2 aromatic rings. The molecule has 0 saturated heterocycles. The minimum absolute atomic E-state index is 0.150. The second-order valence-electron chi connectivity index (χ2n) is 4.71. The molecule has 3 rings (SSSR count). The van der Waals surface area contributed by atoms with Crippen LogP contribution in [0.2, 0.25) is 0 Å². The number of nitrogens with one attached hydrogen (secondary N) is 2. The molecular formula is C15H13N3O. The Morgan fingerprint density at radius 2 is 2.21 bits per heavy atom. The van der Waals surface area contributed by atoms with Crippen molar-refractivity contribution >= 4 is 22.9 Å². The second kappa shape index (κ2) is 4.62. The number of benzene rings is 1. The monoisotopic (exact) mass is 251 g/mol. The topological polar surface area (TPSA) is 68.7 Å². The third kappa shape index (κ3) is 2.36. The molecule has 0 bridgehead atoms. The summed E-state index contributed by atoms with van der Waals surface area (Å²) in [4.78, 5) is 15.0. The number of hydrogen-bond donors (Lipinski definition) is 2. The first-order chi connectivity index (χ1) is 9.28. The summed E-state index contributed by atoms with van der Waals surface area (Å²) >= 11 is 0. The van der Waals surface area contributed by atoms with Crippen LogP contribution in [0.5, 0.6) is 0 Å². The van der Waals surface area contributed by atoms with Crippen molar-refractivity contribution < 1.29 is 4.79 Å². The van der Waals surface area contributed by atoms with Crippen LogP contribution in [0.25, 0.3) is 17.0 Å². The molecule has 1 aromatic carbocycles. The van der Waals surface area contributed by atoms with Crippen molar-refractivity contribution in [2.24, 2.45) is 0 Å². The van der Waals surface area contributed by atoms with Gasteiger partial charge < -0.3 is 10.3 Å². The van der Waals surface area contributed by atoms with Crippen molar-refractivity contribution in [3.05, 3.63) is 41.6 Å². The molecule has 1 fully saturated rings. The van der Waals surface area contributed by atoms with Crippen LogP contribution in [-0.4, -0.2) is 16.9 Å². The third-order valence-corrected chi connectivity index (χ3v) is 3.20. The Hall–Kier alpha value is -2.54. The largest absolute Gasteiger partial charge is 0.361 e. The number of carbonyl (C=O) groups excluding carboxylic acids is 1. The van der Waals surface area contributed by atoms with Gasteiger partial charge >= 0.3 is 0 Å². The molecule has 94 valence electrons.